The van der Waals surface area contributed by atoms with Crippen molar-refractivity contribution in [2.75, 3.05) is 5.75 Å². The number of nitrogens with one attached hydrogen (secondary N) is 1. The van der Waals surface area contributed by atoms with Crippen LogP contribution in [0.25, 0.3) is 0 Å². The maximum absolute atomic E-state index is 7.39. The van der Waals surface area contributed by atoms with E-state index in [1.807, 2.05) is 30.8 Å². The smallest absolute Gasteiger partial charge is 0.123 e. The first kappa shape index (κ1) is 12.1. The lowest BCUT2D eigenvalue weighted by atomic mass is 10.1. The summed E-state index contributed by atoms with van der Waals surface area (Å²) in [5.41, 5.74) is 7.38. The molecule has 0 aliphatic rings. The first-order valence-corrected chi connectivity index (χ1v) is 6.07. The Bertz CT molecular complexity index is 359. The molecule has 15 heavy (non-hydrogen) atoms. The molecular weight excluding hydrogens is 204 g/mol. The summed E-state index contributed by atoms with van der Waals surface area (Å²) in [6.45, 7) is 6.42. The normalized spacial score (nSPS) is 10.7. The first-order chi connectivity index (χ1) is 7.00. The summed E-state index contributed by atoms with van der Waals surface area (Å²) in [7, 11) is 0. The summed E-state index contributed by atoms with van der Waals surface area (Å²) in [6, 6.07) is 6.07. The minimum Gasteiger partial charge on any atom is -0.384 e. The van der Waals surface area contributed by atoms with E-state index in [-0.39, 0.29) is 5.84 Å². The van der Waals surface area contributed by atoms with Crippen molar-refractivity contribution in [1.82, 2.24) is 0 Å². The van der Waals surface area contributed by atoms with Gasteiger partial charge in [0, 0.05) is 16.2 Å². The molecule has 1 aromatic rings. The lowest BCUT2D eigenvalue weighted by molar-refractivity contribution is 0.750. The van der Waals surface area contributed by atoms with Gasteiger partial charge >= 0.3 is 0 Å². The standard InChI is InChI=1S/C12H18N2S/c1-8(2)7-15-10-4-5-11(12(13)14)9(3)6-10/h4-6,8H,7H2,1-3H3,(H3,13,14). The zero-order valence-corrected chi connectivity index (χ0v) is 10.3. The lowest BCUT2D eigenvalue weighted by Crippen LogP contribution is -2.12. The van der Waals surface area contributed by atoms with Crippen molar-refractivity contribution in [3.63, 3.8) is 0 Å². The third kappa shape index (κ3) is 3.59. The van der Waals surface area contributed by atoms with Gasteiger partial charge in [-0.1, -0.05) is 13.8 Å². The molecule has 2 nitrogen and oxygen atoms in total. The molecule has 82 valence electrons. The van der Waals surface area contributed by atoms with Gasteiger partial charge in [0.2, 0.25) is 0 Å². The molecule has 0 bridgehead atoms. The molecule has 0 radical (unpaired) electrons. The predicted molar refractivity (Wildman–Crippen MR) is 67.8 cm³/mol. The second-order valence-electron chi connectivity index (χ2n) is 4.10. The molecule has 0 aromatic heterocycles. The van der Waals surface area contributed by atoms with Crippen molar-refractivity contribution in [1.29, 1.82) is 5.41 Å². The zero-order valence-electron chi connectivity index (χ0n) is 9.50. The third-order valence-corrected chi connectivity index (χ3v) is 3.49. The molecular formula is C12H18N2S. The van der Waals surface area contributed by atoms with Gasteiger partial charge in [-0.25, -0.2) is 0 Å². The van der Waals surface area contributed by atoms with Crippen LogP contribution in [0.2, 0.25) is 0 Å². The van der Waals surface area contributed by atoms with E-state index >= 15 is 0 Å². The third-order valence-electron chi connectivity index (χ3n) is 2.07. The van der Waals surface area contributed by atoms with Gasteiger partial charge in [0.15, 0.2) is 0 Å². The van der Waals surface area contributed by atoms with Crippen molar-refractivity contribution < 1.29 is 0 Å². The highest BCUT2D eigenvalue weighted by atomic mass is 32.2. The fourth-order valence-electron chi connectivity index (χ4n) is 1.29. The highest BCUT2D eigenvalue weighted by Crippen LogP contribution is 2.23. The van der Waals surface area contributed by atoms with Crippen LogP contribution in [0.1, 0.15) is 25.0 Å². The average Bonchev–Trinajstić information content (AvgIpc) is 2.14. The molecule has 3 N–H and O–H groups in total. The molecule has 0 heterocycles. The maximum atomic E-state index is 7.39. The summed E-state index contributed by atoms with van der Waals surface area (Å²) in [5.74, 6) is 1.97. The average molecular weight is 222 g/mol. The largest absolute Gasteiger partial charge is 0.384 e. The molecule has 0 saturated heterocycles. The Morgan fingerprint density at radius 1 is 1.47 bits per heavy atom. The first-order valence-electron chi connectivity index (χ1n) is 5.08. The Morgan fingerprint density at radius 2 is 2.13 bits per heavy atom. The van der Waals surface area contributed by atoms with Gasteiger partial charge in [-0.2, -0.15) is 0 Å². The molecule has 0 aliphatic heterocycles. The molecule has 0 atom stereocenters. The van der Waals surface area contributed by atoms with Gasteiger partial charge < -0.3 is 5.73 Å². The van der Waals surface area contributed by atoms with Crippen LogP contribution in [-0.4, -0.2) is 11.6 Å². The Hall–Kier alpha value is -0.960. The van der Waals surface area contributed by atoms with Crippen LogP contribution in [0.4, 0.5) is 0 Å². The van der Waals surface area contributed by atoms with Crippen molar-refractivity contribution in [2.24, 2.45) is 11.7 Å². The Balaban J connectivity index is 2.78. The Labute approximate surface area is 95.8 Å². The molecule has 0 fully saturated rings. The van der Waals surface area contributed by atoms with Crippen molar-refractivity contribution >= 4 is 17.6 Å². The molecule has 1 rings (SSSR count). The molecule has 0 unspecified atom stereocenters. The number of nitrogens with two attached hydrogens (primary N) is 1. The highest BCUT2D eigenvalue weighted by molar-refractivity contribution is 7.99. The monoisotopic (exact) mass is 222 g/mol. The SMILES string of the molecule is Cc1cc(SCC(C)C)ccc1C(=N)N. The molecule has 0 aliphatic carbocycles. The molecule has 3 heteroatoms. The van der Waals surface area contributed by atoms with E-state index in [1.165, 1.54) is 4.90 Å². The second-order valence-corrected chi connectivity index (χ2v) is 5.19. The van der Waals surface area contributed by atoms with E-state index in [4.69, 9.17) is 11.1 Å². The fraction of sp³-hybridized carbons (Fsp3) is 0.417. The summed E-state index contributed by atoms with van der Waals surface area (Å²) >= 11 is 1.85. The molecule has 1 aromatic carbocycles. The van der Waals surface area contributed by atoms with E-state index in [9.17, 15) is 0 Å². The molecule has 0 amide bonds. The van der Waals surface area contributed by atoms with Gasteiger partial charge in [-0.3, -0.25) is 5.41 Å². The van der Waals surface area contributed by atoms with Crippen LogP contribution in [0.15, 0.2) is 23.1 Å². The highest BCUT2D eigenvalue weighted by Gasteiger charge is 2.03. The van der Waals surface area contributed by atoms with Crippen molar-refractivity contribution in [3.05, 3.63) is 29.3 Å². The van der Waals surface area contributed by atoms with Crippen LogP contribution < -0.4 is 5.73 Å². The van der Waals surface area contributed by atoms with Crippen molar-refractivity contribution in [3.8, 4) is 0 Å². The molecule has 0 saturated carbocycles. The Kier molecular flexibility index (Phi) is 4.21. The Morgan fingerprint density at radius 3 is 2.60 bits per heavy atom. The van der Waals surface area contributed by atoms with Crippen LogP contribution in [0.5, 0.6) is 0 Å². The number of amidine groups is 1. The summed E-state index contributed by atoms with van der Waals surface area (Å²) in [6.07, 6.45) is 0. The fourth-order valence-corrected chi connectivity index (χ4v) is 2.24. The van der Waals surface area contributed by atoms with E-state index in [2.05, 4.69) is 19.9 Å². The number of rotatable bonds is 4. The van der Waals surface area contributed by atoms with Gasteiger partial charge in [0.25, 0.3) is 0 Å². The minimum atomic E-state index is 0.146. The topological polar surface area (TPSA) is 49.9 Å². The summed E-state index contributed by atoms with van der Waals surface area (Å²) in [4.78, 5) is 1.26. The molecule has 0 spiro atoms. The maximum Gasteiger partial charge on any atom is 0.123 e. The van der Waals surface area contributed by atoms with E-state index < -0.39 is 0 Å². The second kappa shape index (κ2) is 5.21. The van der Waals surface area contributed by atoms with Crippen LogP contribution in [0, 0.1) is 18.3 Å². The number of thioether (sulfide) groups is 1. The number of benzene rings is 1. The van der Waals surface area contributed by atoms with Gasteiger partial charge in [0.1, 0.15) is 5.84 Å². The van der Waals surface area contributed by atoms with Crippen LogP contribution >= 0.6 is 11.8 Å². The number of aryl methyl sites for hydroxylation is 1. The van der Waals surface area contributed by atoms with Crippen LogP contribution in [-0.2, 0) is 0 Å². The number of hydrogen-bond acceptors (Lipinski definition) is 2. The van der Waals surface area contributed by atoms with Crippen molar-refractivity contribution in [2.45, 2.75) is 25.7 Å². The predicted octanol–water partition coefficient (Wildman–Crippen LogP) is 3.03. The van der Waals surface area contributed by atoms with Crippen LogP contribution in [0.3, 0.4) is 0 Å². The van der Waals surface area contributed by atoms with Gasteiger partial charge in [-0.15, -0.1) is 11.8 Å². The zero-order chi connectivity index (χ0) is 11.4. The summed E-state index contributed by atoms with van der Waals surface area (Å²) < 4.78 is 0. The quantitative estimate of drug-likeness (QED) is 0.467. The minimum absolute atomic E-state index is 0.146. The van der Waals surface area contributed by atoms with E-state index in [0.29, 0.717) is 5.92 Å². The lowest BCUT2D eigenvalue weighted by Gasteiger charge is -2.08. The van der Waals surface area contributed by atoms with Gasteiger partial charge in [0.05, 0.1) is 0 Å². The van der Waals surface area contributed by atoms with Gasteiger partial charge in [-0.05, 0) is 36.6 Å². The van der Waals surface area contributed by atoms with E-state index in [1.54, 1.807) is 0 Å². The number of hydrogen-bond donors (Lipinski definition) is 2. The number of nitrogen functional groups attached to an aromatic ring is 1. The van der Waals surface area contributed by atoms with E-state index in [0.717, 1.165) is 16.9 Å². The summed E-state index contributed by atoms with van der Waals surface area (Å²) in [5, 5.41) is 7.39.